The smallest absolute Gasteiger partial charge is 0.341 e. The van der Waals surface area contributed by atoms with E-state index < -0.39 is 0 Å². The molecule has 0 saturated heterocycles. The number of hydrogen-bond donors (Lipinski definition) is 1. The maximum Gasteiger partial charge on any atom is 0.341 e. The van der Waals surface area contributed by atoms with Crippen molar-refractivity contribution in [3.05, 3.63) is 23.7 Å². The predicted octanol–water partition coefficient (Wildman–Crippen LogP) is 1.89. The summed E-state index contributed by atoms with van der Waals surface area (Å²) >= 11 is 1.70. The van der Waals surface area contributed by atoms with E-state index in [1.165, 1.54) is 13.4 Å². The zero-order valence-electron chi connectivity index (χ0n) is 9.56. The number of esters is 1. The average Bonchev–Trinajstić information content (AvgIpc) is 2.76. The number of methoxy groups -OCH3 is 1. The summed E-state index contributed by atoms with van der Waals surface area (Å²) in [6, 6.07) is 1.63. The van der Waals surface area contributed by atoms with Gasteiger partial charge < -0.3 is 14.9 Å². The molecule has 0 aliphatic rings. The molecule has 0 fully saturated rings. The fraction of sp³-hybridized carbons (Fsp3) is 0.545. The van der Waals surface area contributed by atoms with E-state index >= 15 is 0 Å². The second-order valence-electron chi connectivity index (χ2n) is 3.61. The fourth-order valence-corrected chi connectivity index (χ4v) is 2.23. The molecule has 1 aromatic heterocycles. The molecule has 4 nitrogen and oxygen atoms in total. The molecule has 0 bridgehead atoms. The second kappa shape index (κ2) is 6.60. The summed E-state index contributed by atoms with van der Waals surface area (Å²) in [6.45, 7) is 2.77. The van der Waals surface area contributed by atoms with Crippen LogP contribution in [0.15, 0.2) is 16.7 Å². The minimum atomic E-state index is -0.351. The van der Waals surface area contributed by atoms with Crippen molar-refractivity contribution in [2.45, 2.75) is 12.7 Å². The highest BCUT2D eigenvalue weighted by Crippen LogP contribution is 2.20. The van der Waals surface area contributed by atoms with Crippen molar-refractivity contribution in [1.29, 1.82) is 0 Å². The van der Waals surface area contributed by atoms with E-state index in [0.29, 0.717) is 29.5 Å². The molecule has 90 valence electrons. The average molecular weight is 243 g/mol. The Morgan fingerprint density at radius 3 is 3.06 bits per heavy atom. The number of nitrogens with two attached hydrogens (primary N) is 1. The van der Waals surface area contributed by atoms with Crippen molar-refractivity contribution >= 4 is 17.7 Å². The monoisotopic (exact) mass is 243 g/mol. The maximum absolute atomic E-state index is 11.3. The molecule has 0 amide bonds. The molecule has 1 heterocycles. The number of hydrogen-bond acceptors (Lipinski definition) is 5. The largest absolute Gasteiger partial charge is 0.468 e. The lowest BCUT2D eigenvalue weighted by molar-refractivity contribution is 0.0598. The van der Waals surface area contributed by atoms with Crippen LogP contribution in [0.4, 0.5) is 0 Å². The molecule has 0 saturated carbocycles. The van der Waals surface area contributed by atoms with Crippen LogP contribution in [0.2, 0.25) is 0 Å². The third kappa shape index (κ3) is 3.57. The van der Waals surface area contributed by atoms with Gasteiger partial charge in [-0.3, -0.25) is 0 Å². The van der Waals surface area contributed by atoms with Crippen molar-refractivity contribution < 1.29 is 13.9 Å². The third-order valence-corrected chi connectivity index (χ3v) is 3.46. The number of thioether (sulfide) groups is 1. The van der Waals surface area contributed by atoms with Crippen molar-refractivity contribution in [3.63, 3.8) is 0 Å². The van der Waals surface area contributed by atoms with Crippen LogP contribution in [0, 0.1) is 5.92 Å². The zero-order chi connectivity index (χ0) is 12.0. The van der Waals surface area contributed by atoms with E-state index in [-0.39, 0.29) is 5.97 Å². The van der Waals surface area contributed by atoms with Crippen molar-refractivity contribution in [3.8, 4) is 0 Å². The predicted molar refractivity (Wildman–Crippen MR) is 64.4 cm³/mol. The Labute approximate surface area is 99.5 Å². The van der Waals surface area contributed by atoms with Crippen LogP contribution < -0.4 is 5.73 Å². The molecule has 1 atom stereocenters. The third-order valence-electron chi connectivity index (χ3n) is 2.19. The first-order valence-electron chi connectivity index (χ1n) is 5.11. The first-order chi connectivity index (χ1) is 7.69. The Morgan fingerprint density at radius 1 is 1.69 bits per heavy atom. The molecule has 1 aromatic rings. The molecule has 0 spiro atoms. The van der Waals surface area contributed by atoms with Gasteiger partial charge in [-0.05, 0) is 24.3 Å². The van der Waals surface area contributed by atoms with Gasteiger partial charge in [-0.25, -0.2) is 4.79 Å². The molecule has 2 N–H and O–H groups in total. The highest BCUT2D eigenvalue weighted by Gasteiger charge is 2.14. The van der Waals surface area contributed by atoms with Crippen molar-refractivity contribution in [1.82, 2.24) is 0 Å². The quantitative estimate of drug-likeness (QED) is 0.773. The Bertz CT molecular complexity index is 338. The van der Waals surface area contributed by atoms with Crippen LogP contribution >= 0.6 is 11.8 Å². The van der Waals surface area contributed by atoms with Crippen LogP contribution in [0.5, 0.6) is 0 Å². The van der Waals surface area contributed by atoms with Gasteiger partial charge in [0.15, 0.2) is 0 Å². The summed E-state index contributed by atoms with van der Waals surface area (Å²) in [4.78, 5) is 11.3. The van der Waals surface area contributed by atoms with E-state index in [1.807, 2.05) is 0 Å². The molecule has 0 aliphatic heterocycles. The Hall–Kier alpha value is -0.940. The summed E-state index contributed by atoms with van der Waals surface area (Å²) in [7, 11) is 1.36. The molecule has 1 rings (SSSR count). The second-order valence-corrected chi connectivity index (χ2v) is 4.64. The van der Waals surface area contributed by atoms with Gasteiger partial charge >= 0.3 is 5.97 Å². The van der Waals surface area contributed by atoms with Gasteiger partial charge in [0.1, 0.15) is 11.3 Å². The van der Waals surface area contributed by atoms with Crippen LogP contribution in [0.1, 0.15) is 23.0 Å². The summed E-state index contributed by atoms with van der Waals surface area (Å²) < 4.78 is 9.91. The van der Waals surface area contributed by atoms with Gasteiger partial charge in [0, 0.05) is 0 Å². The van der Waals surface area contributed by atoms with Gasteiger partial charge in [-0.1, -0.05) is 6.92 Å². The standard InChI is InChI=1S/C11H17NO3S/c1-8(5-12)6-16-7-10-9(3-4-15-10)11(13)14-2/h3-4,8H,5-7,12H2,1-2H3. The number of carbonyl (C=O) groups is 1. The minimum Gasteiger partial charge on any atom is -0.468 e. The van der Waals surface area contributed by atoms with Crippen LogP contribution in [0.3, 0.4) is 0 Å². The number of furan rings is 1. The fourth-order valence-electron chi connectivity index (χ4n) is 1.17. The van der Waals surface area contributed by atoms with Gasteiger partial charge in [-0.15, -0.1) is 0 Å². The maximum atomic E-state index is 11.3. The van der Waals surface area contributed by atoms with Crippen molar-refractivity contribution in [2.24, 2.45) is 11.7 Å². The lowest BCUT2D eigenvalue weighted by atomic mass is 10.2. The van der Waals surface area contributed by atoms with Crippen LogP contribution in [0.25, 0.3) is 0 Å². The SMILES string of the molecule is COC(=O)c1ccoc1CSCC(C)CN. The highest BCUT2D eigenvalue weighted by atomic mass is 32.2. The molecule has 5 heteroatoms. The number of rotatable bonds is 6. The zero-order valence-corrected chi connectivity index (χ0v) is 10.4. The van der Waals surface area contributed by atoms with Crippen molar-refractivity contribution in [2.75, 3.05) is 19.4 Å². The lowest BCUT2D eigenvalue weighted by Gasteiger charge is -2.06. The summed E-state index contributed by atoms with van der Waals surface area (Å²) in [5.41, 5.74) is 6.03. The number of carbonyl (C=O) groups excluding carboxylic acids is 1. The summed E-state index contributed by atoms with van der Waals surface area (Å²) in [5, 5.41) is 0. The van der Waals surface area contributed by atoms with E-state index in [9.17, 15) is 4.79 Å². The summed E-state index contributed by atoms with van der Waals surface area (Å²) in [6.07, 6.45) is 1.51. The van der Waals surface area contributed by atoms with E-state index in [0.717, 1.165) is 5.75 Å². The Balaban J connectivity index is 2.48. The van der Waals surface area contributed by atoms with Gasteiger partial charge in [0.2, 0.25) is 0 Å². The van der Waals surface area contributed by atoms with E-state index in [4.69, 9.17) is 10.2 Å². The normalized spacial score (nSPS) is 12.4. The molecule has 0 aromatic carbocycles. The first kappa shape index (κ1) is 13.1. The Kier molecular flexibility index (Phi) is 5.42. The molecular weight excluding hydrogens is 226 g/mol. The topological polar surface area (TPSA) is 65.5 Å². The molecule has 16 heavy (non-hydrogen) atoms. The van der Waals surface area contributed by atoms with Crippen LogP contribution in [-0.2, 0) is 10.5 Å². The highest BCUT2D eigenvalue weighted by molar-refractivity contribution is 7.98. The van der Waals surface area contributed by atoms with Crippen LogP contribution in [-0.4, -0.2) is 25.4 Å². The molecule has 1 unspecified atom stereocenters. The van der Waals surface area contributed by atoms with E-state index in [1.54, 1.807) is 17.8 Å². The molecular formula is C11H17NO3S. The molecule has 0 aliphatic carbocycles. The van der Waals surface area contributed by atoms with E-state index in [2.05, 4.69) is 11.7 Å². The first-order valence-corrected chi connectivity index (χ1v) is 6.27. The molecule has 0 radical (unpaired) electrons. The van der Waals surface area contributed by atoms with Gasteiger partial charge in [-0.2, -0.15) is 11.8 Å². The Morgan fingerprint density at radius 2 is 2.44 bits per heavy atom. The van der Waals surface area contributed by atoms with Gasteiger partial charge in [0.05, 0.1) is 19.1 Å². The lowest BCUT2D eigenvalue weighted by Crippen LogP contribution is -2.12. The summed E-state index contributed by atoms with van der Waals surface area (Å²) in [5.74, 6) is 2.42. The number of ether oxygens (including phenoxy) is 1. The van der Waals surface area contributed by atoms with Gasteiger partial charge in [0.25, 0.3) is 0 Å². The minimum absolute atomic E-state index is 0.351.